The quantitative estimate of drug-likeness (QED) is 0.0167. The molecule has 0 aromatic heterocycles. The van der Waals surface area contributed by atoms with Gasteiger partial charge < -0.3 is 35.4 Å². The number of rotatable bonds is 43. The Balaban J connectivity index is 4.43. The predicted molar refractivity (Wildman–Crippen MR) is 238 cm³/mol. The molecule has 0 radical (unpaired) electrons. The predicted octanol–water partition coefficient (Wildman–Crippen LogP) is 10.3. The highest BCUT2D eigenvalue weighted by Crippen LogP contribution is 2.43. The van der Waals surface area contributed by atoms with Gasteiger partial charge in [-0.05, 0) is 70.6 Å². The minimum atomic E-state index is -4.75. The van der Waals surface area contributed by atoms with E-state index in [4.69, 9.17) is 24.8 Å². The van der Waals surface area contributed by atoms with Crippen molar-refractivity contribution in [3.8, 4) is 0 Å². The third kappa shape index (κ3) is 38.5. The zero-order valence-electron chi connectivity index (χ0n) is 37.3. The monoisotopic (exact) mass is 874 g/mol. The Morgan fingerprint density at radius 2 is 1.05 bits per heavy atom. The largest absolute Gasteiger partial charge is 0.480 e. The first-order chi connectivity index (χ1) is 28.9. The van der Waals surface area contributed by atoms with Crippen LogP contribution in [0.4, 0.5) is 0 Å². The number of nitrogens with two attached hydrogens (primary N) is 1. The van der Waals surface area contributed by atoms with Crippen molar-refractivity contribution < 1.29 is 57.7 Å². The van der Waals surface area contributed by atoms with E-state index in [2.05, 4.69) is 48.8 Å². The molecular formula is C46H84NO12P. The Kier molecular flexibility index (Phi) is 39.1. The van der Waals surface area contributed by atoms with E-state index in [1.807, 2.05) is 6.08 Å². The summed E-state index contributed by atoms with van der Waals surface area (Å²) >= 11 is 0. The van der Waals surface area contributed by atoms with E-state index in [1.165, 1.54) is 57.8 Å². The van der Waals surface area contributed by atoms with Crippen LogP contribution in [0.25, 0.3) is 0 Å². The lowest BCUT2D eigenvalue weighted by atomic mass is 10.0. The summed E-state index contributed by atoms with van der Waals surface area (Å²) < 4.78 is 32.7. The molecule has 0 spiro atoms. The highest BCUT2D eigenvalue weighted by Gasteiger charge is 2.28. The fourth-order valence-electron chi connectivity index (χ4n) is 6.24. The molecule has 0 rings (SSSR count). The number of carbonyl (C=O) groups is 3. The molecular weight excluding hydrogens is 789 g/mol. The van der Waals surface area contributed by atoms with Crippen LogP contribution in [0.1, 0.15) is 194 Å². The molecule has 0 fully saturated rings. The number of carboxylic acids is 1. The molecule has 5 atom stereocenters. The third-order valence-electron chi connectivity index (χ3n) is 10.1. The number of aliphatic carboxylic acids is 1. The lowest BCUT2D eigenvalue weighted by molar-refractivity contribution is -0.161. The standard InChI is InChI=1S/C46H84NO12P/c1-3-5-7-9-11-12-13-14-15-16-17-18-19-20-21-22-23-27-32-36-45(51)59-40(38-57-60(54,55)58-39-41(47)46(52)53)37-56-44(50)35-31-28-24-26-30-34-43(49)42(48)33-29-25-10-8-6-4-2/h11-12,14-15,25,29,40-43,48-49H,3-10,13,16-24,26-28,30-39,47H2,1-2H3,(H,52,53)(H,54,55)/b12-11-,15-14-,29-25-/t40-,41+,42-,43-/m1/s1. The fourth-order valence-corrected chi connectivity index (χ4v) is 7.01. The number of aliphatic hydroxyl groups excluding tert-OH is 2. The number of hydrogen-bond acceptors (Lipinski definition) is 11. The minimum absolute atomic E-state index is 0.122. The first kappa shape index (κ1) is 57.6. The zero-order valence-corrected chi connectivity index (χ0v) is 38.2. The maximum Gasteiger partial charge on any atom is 0.472 e. The van der Waals surface area contributed by atoms with Crippen LogP contribution >= 0.6 is 7.82 Å². The smallest absolute Gasteiger partial charge is 0.472 e. The van der Waals surface area contributed by atoms with Crippen LogP contribution in [0, 0.1) is 0 Å². The number of allylic oxidation sites excluding steroid dienone is 5. The maximum atomic E-state index is 12.7. The Hall–Kier alpha value is -2.38. The molecule has 0 bridgehead atoms. The normalized spacial score (nSPS) is 15.0. The summed E-state index contributed by atoms with van der Waals surface area (Å²) in [6.07, 6.45) is 36.5. The second-order valence-corrected chi connectivity index (χ2v) is 17.3. The van der Waals surface area contributed by atoms with Gasteiger partial charge in [0.25, 0.3) is 0 Å². The number of aliphatic hydroxyl groups is 2. The van der Waals surface area contributed by atoms with E-state index in [-0.39, 0.29) is 12.8 Å². The Bertz CT molecular complexity index is 1200. The number of esters is 2. The molecule has 60 heavy (non-hydrogen) atoms. The van der Waals surface area contributed by atoms with E-state index in [9.17, 15) is 34.1 Å². The fraction of sp³-hybridized carbons (Fsp3) is 0.804. The lowest BCUT2D eigenvalue weighted by Crippen LogP contribution is -2.34. The van der Waals surface area contributed by atoms with Gasteiger partial charge in [-0.3, -0.25) is 23.4 Å². The number of carboxylic acid groups (broad SMARTS) is 1. The van der Waals surface area contributed by atoms with Crippen molar-refractivity contribution in [3.05, 3.63) is 36.5 Å². The summed E-state index contributed by atoms with van der Waals surface area (Å²) in [5.41, 5.74) is 5.33. The summed E-state index contributed by atoms with van der Waals surface area (Å²) in [4.78, 5) is 46.1. The first-order valence-electron chi connectivity index (χ1n) is 23.2. The summed E-state index contributed by atoms with van der Waals surface area (Å²) in [6, 6.07) is -1.55. The van der Waals surface area contributed by atoms with Gasteiger partial charge in [-0.1, -0.05) is 147 Å². The summed E-state index contributed by atoms with van der Waals surface area (Å²) in [5, 5.41) is 29.3. The van der Waals surface area contributed by atoms with Crippen LogP contribution < -0.4 is 5.73 Å². The molecule has 0 aliphatic rings. The summed E-state index contributed by atoms with van der Waals surface area (Å²) in [7, 11) is -4.75. The van der Waals surface area contributed by atoms with Crippen molar-refractivity contribution in [2.24, 2.45) is 5.73 Å². The average molecular weight is 874 g/mol. The van der Waals surface area contributed by atoms with E-state index in [1.54, 1.807) is 0 Å². The van der Waals surface area contributed by atoms with E-state index in [0.717, 1.165) is 83.5 Å². The topological polar surface area (TPSA) is 212 Å². The van der Waals surface area contributed by atoms with Gasteiger partial charge in [0, 0.05) is 12.8 Å². The molecule has 0 aliphatic carbocycles. The highest BCUT2D eigenvalue weighted by molar-refractivity contribution is 7.47. The molecule has 0 saturated carbocycles. The summed E-state index contributed by atoms with van der Waals surface area (Å²) in [6.45, 7) is 2.57. The molecule has 0 heterocycles. The molecule has 0 aromatic rings. The van der Waals surface area contributed by atoms with Gasteiger partial charge in [0.05, 0.1) is 25.4 Å². The Labute approximate surface area is 362 Å². The molecule has 0 amide bonds. The lowest BCUT2D eigenvalue weighted by Gasteiger charge is -2.20. The highest BCUT2D eigenvalue weighted by atomic mass is 31.2. The zero-order chi connectivity index (χ0) is 44.5. The van der Waals surface area contributed by atoms with Crippen molar-refractivity contribution in [2.45, 2.75) is 218 Å². The van der Waals surface area contributed by atoms with Gasteiger partial charge in [0.1, 0.15) is 12.6 Å². The van der Waals surface area contributed by atoms with Crippen LogP contribution in [0.2, 0.25) is 0 Å². The number of phosphoric acid groups is 1. The first-order valence-corrected chi connectivity index (χ1v) is 24.7. The number of carbonyl (C=O) groups excluding carboxylic acids is 2. The molecule has 14 heteroatoms. The van der Waals surface area contributed by atoms with Gasteiger partial charge in [-0.25, -0.2) is 4.57 Å². The maximum absolute atomic E-state index is 12.7. The molecule has 13 nitrogen and oxygen atoms in total. The van der Waals surface area contributed by atoms with Crippen molar-refractivity contribution in [1.82, 2.24) is 0 Å². The molecule has 0 saturated heterocycles. The van der Waals surface area contributed by atoms with Gasteiger partial charge in [-0.15, -0.1) is 0 Å². The van der Waals surface area contributed by atoms with Crippen LogP contribution in [-0.2, 0) is 37.5 Å². The van der Waals surface area contributed by atoms with E-state index in [0.29, 0.717) is 25.7 Å². The second-order valence-electron chi connectivity index (χ2n) is 15.8. The van der Waals surface area contributed by atoms with Crippen molar-refractivity contribution in [3.63, 3.8) is 0 Å². The molecule has 0 aromatic carbocycles. The number of ether oxygens (including phenoxy) is 2. The second kappa shape index (κ2) is 40.7. The number of hydrogen-bond donors (Lipinski definition) is 5. The van der Waals surface area contributed by atoms with Crippen LogP contribution in [0.3, 0.4) is 0 Å². The van der Waals surface area contributed by atoms with Crippen molar-refractivity contribution in [1.29, 1.82) is 0 Å². The average Bonchev–Trinajstić information content (AvgIpc) is 3.22. The third-order valence-corrected chi connectivity index (χ3v) is 11.0. The molecule has 0 aliphatic heterocycles. The SMILES string of the molecule is CCCCC/C=C\C/C=C\CCCCCCCCCCCC(=O)O[C@H](COC(=O)CCCCCCC[C@@H](O)[C@H](O)C/C=C\CCCCC)COP(=O)(O)OC[C@H](N)C(=O)O. The van der Waals surface area contributed by atoms with Crippen LogP contribution in [0.5, 0.6) is 0 Å². The number of phosphoric ester groups is 1. The molecule has 1 unspecified atom stereocenters. The number of unbranched alkanes of at least 4 members (excludes halogenated alkanes) is 19. The summed E-state index contributed by atoms with van der Waals surface area (Å²) in [5.74, 6) is -2.51. The van der Waals surface area contributed by atoms with Crippen LogP contribution in [-0.4, -0.2) is 82.3 Å². The minimum Gasteiger partial charge on any atom is -0.480 e. The van der Waals surface area contributed by atoms with Gasteiger partial charge in [-0.2, -0.15) is 0 Å². The van der Waals surface area contributed by atoms with Gasteiger partial charge in [0.15, 0.2) is 6.10 Å². The van der Waals surface area contributed by atoms with Crippen molar-refractivity contribution in [2.75, 3.05) is 19.8 Å². The van der Waals surface area contributed by atoms with Gasteiger partial charge in [0.2, 0.25) is 0 Å². The van der Waals surface area contributed by atoms with E-state index >= 15 is 0 Å². The van der Waals surface area contributed by atoms with Crippen LogP contribution in [0.15, 0.2) is 36.5 Å². The van der Waals surface area contributed by atoms with E-state index < -0.39 is 69.9 Å². The van der Waals surface area contributed by atoms with Crippen molar-refractivity contribution >= 4 is 25.7 Å². The van der Waals surface area contributed by atoms with Gasteiger partial charge >= 0.3 is 25.7 Å². The molecule has 6 N–H and O–H groups in total. The Morgan fingerprint density at radius 1 is 0.583 bits per heavy atom. The Morgan fingerprint density at radius 3 is 1.60 bits per heavy atom. The molecule has 350 valence electrons.